The molecule has 1 aromatic carbocycles. The number of hydrogen-bond donors (Lipinski definition) is 2. The van der Waals surface area contributed by atoms with Crippen molar-refractivity contribution in [2.75, 3.05) is 5.32 Å². The SMILES string of the molecule is CC(=O)N[C@@H](C(=O)Nc1cccc(C)c1C)C1CCCC1. The van der Waals surface area contributed by atoms with E-state index in [-0.39, 0.29) is 17.7 Å². The maximum Gasteiger partial charge on any atom is 0.247 e. The van der Waals surface area contributed by atoms with E-state index in [1.54, 1.807) is 0 Å². The lowest BCUT2D eigenvalue weighted by Gasteiger charge is -2.24. The molecule has 1 aliphatic rings. The summed E-state index contributed by atoms with van der Waals surface area (Å²) in [5.74, 6) is -0.00664. The van der Waals surface area contributed by atoms with E-state index < -0.39 is 6.04 Å². The van der Waals surface area contributed by atoms with Gasteiger partial charge in [0.15, 0.2) is 0 Å². The fourth-order valence-corrected chi connectivity index (χ4v) is 3.00. The van der Waals surface area contributed by atoms with E-state index in [1.165, 1.54) is 6.92 Å². The van der Waals surface area contributed by atoms with Crippen molar-refractivity contribution in [1.82, 2.24) is 5.32 Å². The van der Waals surface area contributed by atoms with Crippen LogP contribution in [0.1, 0.15) is 43.7 Å². The van der Waals surface area contributed by atoms with Crippen molar-refractivity contribution in [1.29, 1.82) is 0 Å². The number of nitrogens with one attached hydrogen (secondary N) is 2. The molecule has 0 heterocycles. The van der Waals surface area contributed by atoms with Crippen molar-refractivity contribution < 1.29 is 9.59 Å². The summed E-state index contributed by atoms with van der Waals surface area (Å²) in [6.07, 6.45) is 4.28. The Balaban J connectivity index is 2.14. The lowest BCUT2D eigenvalue weighted by atomic mass is 9.97. The molecule has 0 unspecified atom stereocenters. The molecule has 114 valence electrons. The Morgan fingerprint density at radius 3 is 2.48 bits per heavy atom. The van der Waals surface area contributed by atoms with Gasteiger partial charge >= 0.3 is 0 Å². The smallest absolute Gasteiger partial charge is 0.247 e. The van der Waals surface area contributed by atoms with Gasteiger partial charge in [-0.3, -0.25) is 9.59 Å². The Labute approximate surface area is 126 Å². The summed E-state index contributed by atoms with van der Waals surface area (Å²) in [7, 11) is 0. The van der Waals surface area contributed by atoms with Crippen LogP contribution in [0.15, 0.2) is 18.2 Å². The Kier molecular flexibility index (Phi) is 4.99. The molecule has 0 radical (unpaired) electrons. The predicted molar refractivity (Wildman–Crippen MR) is 84.1 cm³/mol. The van der Waals surface area contributed by atoms with Gasteiger partial charge in [-0.1, -0.05) is 25.0 Å². The van der Waals surface area contributed by atoms with Crippen LogP contribution in [0.3, 0.4) is 0 Å². The molecule has 1 saturated carbocycles. The molecular weight excluding hydrogens is 264 g/mol. The number of benzene rings is 1. The second kappa shape index (κ2) is 6.74. The summed E-state index contributed by atoms with van der Waals surface area (Å²) in [5.41, 5.74) is 3.04. The third-order valence-electron chi connectivity index (χ3n) is 4.37. The Hall–Kier alpha value is -1.84. The predicted octanol–water partition coefficient (Wildman–Crippen LogP) is 2.94. The standard InChI is InChI=1S/C17H24N2O2/c1-11-7-6-10-15(12(11)2)19-17(21)16(18-13(3)20)14-8-4-5-9-14/h6-7,10,14,16H,4-5,8-9H2,1-3H3,(H,18,20)(H,19,21)/t16-/m1/s1. The molecule has 0 spiro atoms. The van der Waals surface area contributed by atoms with Gasteiger partial charge in [0.1, 0.15) is 6.04 Å². The third-order valence-corrected chi connectivity index (χ3v) is 4.37. The number of carbonyl (C=O) groups is 2. The zero-order valence-electron chi connectivity index (χ0n) is 13.0. The molecule has 21 heavy (non-hydrogen) atoms. The van der Waals surface area contributed by atoms with Crippen LogP contribution >= 0.6 is 0 Å². The fraction of sp³-hybridized carbons (Fsp3) is 0.529. The van der Waals surface area contributed by atoms with Crippen molar-refractivity contribution in [3.05, 3.63) is 29.3 Å². The van der Waals surface area contributed by atoms with Gasteiger partial charge in [-0.15, -0.1) is 0 Å². The average molecular weight is 288 g/mol. The van der Waals surface area contributed by atoms with Crippen LogP contribution in [-0.2, 0) is 9.59 Å². The highest BCUT2D eigenvalue weighted by Crippen LogP contribution is 2.29. The van der Waals surface area contributed by atoms with Crippen LogP contribution in [0.25, 0.3) is 0 Å². The molecular formula is C17H24N2O2. The van der Waals surface area contributed by atoms with E-state index >= 15 is 0 Å². The topological polar surface area (TPSA) is 58.2 Å². The van der Waals surface area contributed by atoms with E-state index in [0.717, 1.165) is 42.5 Å². The molecule has 1 aliphatic carbocycles. The van der Waals surface area contributed by atoms with Gasteiger partial charge in [0, 0.05) is 12.6 Å². The zero-order chi connectivity index (χ0) is 15.4. The van der Waals surface area contributed by atoms with Crippen LogP contribution in [0, 0.1) is 19.8 Å². The molecule has 0 aromatic heterocycles. The zero-order valence-corrected chi connectivity index (χ0v) is 13.0. The average Bonchev–Trinajstić information content (AvgIpc) is 2.94. The van der Waals surface area contributed by atoms with Gasteiger partial charge in [0.05, 0.1) is 0 Å². The van der Waals surface area contributed by atoms with Crippen LogP contribution < -0.4 is 10.6 Å². The van der Waals surface area contributed by atoms with Crippen molar-refractivity contribution in [3.8, 4) is 0 Å². The molecule has 2 N–H and O–H groups in total. The third kappa shape index (κ3) is 3.84. The van der Waals surface area contributed by atoms with Crippen molar-refractivity contribution >= 4 is 17.5 Å². The molecule has 0 aliphatic heterocycles. The highest BCUT2D eigenvalue weighted by atomic mass is 16.2. The molecule has 1 aromatic rings. The molecule has 4 heteroatoms. The van der Waals surface area contributed by atoms with Crippen LogP contribution in [0.4, 0.5) is 5.69 Å². The van der Waals surface area contributed by atoms with Crippen LogP contribution in [0.5, 0.6) is 0 Å². The maximum atomic E-state index is 12.6. The van der Waals surface area contributed by atoms with Crippen LogP contribution in [-0.4, -0.2) is 17.9 Å². The van der Waals surface area contributed by atoms with Crippen LogP contribution in [0.2, 0.25) is 0 Å². The van der Waals surface area contributed by atoms with E-state index in [1.807, 2.05) is 32.0 Å². The van der Waals surface area contributed by atoms with Gasteiger partial charge in [0.2, 0.25) is 11.8 Å². The first-order chi connectivity index (χ1) is 9.99. The number of rotatable bonds is 4. The van der Waals surface area contributed by atoms with Gasteiger partial charge in [0.25, 0.3) is 0 Å². The highest BCUT2D eigenvalue weighted by molar-refractivity contribution is 5.97. The molecule has 4 nitrogen and oxygen atoms in total. The number of anilines is 1. The Morgan fingerprint density at radius 2 is 1.86 bits per heavy atom. The second-order valence-electron chi connectivity index (χ2n) is 5.96. The van der Waals surface area contributed by atoms with Gasteiger partial charge in [-0.25, -0.2) is 0 Å². The summed E-state index contributed by atoms with van der Waals surface area (Å²) in [6.45, 7) is 5.48. The highest BCUT2D eigenvalue weighted by Gasteiger charge is 2.31. The first-order valence-corrected chi connectivity index (χ1v) is 7.63. The first-order valence-electron chi connectivity index (χ1n) is 7.63. The van der Waals surface area contributed by atoms with Crippen molar-refractivity contribution in [2.24, 2.45) is 5.92 Å². The van der Waals surface area contributed by atoms with E-state index in [2.05, 4.69) is 10.6 Å². The largest absolute Gasteiger partial charge is 0.344 e. The van der Waals surface area contributed by atoms with E-state index in [9.17, 15) is 9.59 Å². The molecule has 2 rings (SSSR count). The lowest BCUT2D eigenvalue weighted by Crippen LogP contribution is -2.47. The Morgan fingerprint density at radius 1 is 1.19 bits per heavy atom. The van der Waals surface area contributed by atoms with Gasteiger partial charge in [-0.2, -0.15) is 0 Å². The maximum absolute atomic E-state index is 12.6. The minimum atomic E-state index is -0.426. The second-order valence-corrected chi connectivity index (χ2v) is 5.96. The molecule has 0 saturated heterocycles. The van der Waals surface area contributed by atoms with Crippen molar-refractivity contribution in [2.45, 2.75) is 52.5 Å². The number of aryl methyl sites for hydroxylation is 1. The normalized spacial score (nSPS) is 16.5. The van der Waals surface area contributed by atoms with Gasteiger partial charge in [-0.05, 0) is 49.8 Å². The monoisotopic (exact) mass is 288 g/mol. The quantitative estimate of drug-likeness (QED) is 0.895. The first kappa shape index (κ1) is 15.5. The molecule has 0 bridgehead atoms. The number of hydrogen-bond acceptors (Lipinski definition) is 2. The van der Waals surface area contributed by atoms with E-state index in [4.69, 9.17) is 0 Å². The summed E-state index contributed by atoms with van der Waals surface area (Å²) in [4.78, 5) is 24.0. The fourth-order valence-electron chi connectivity index (χ4n) is 3.00. The summed E-state index contributed by atoms with van der Waals surface area (Å²) in [6, 6.07) is 5.43. The lowest BCUT2D eigenvalue weighted by molar-refractivity contribution is -0.126. The minimum Gasteiger partial charge on any atom is -0.344 e. The summed E-state index contributed by atoms with van der Waals surface area (Å²) < 4.78 is 0. The minimum absolute atomic E-state index is 0.106. The van der Waals surface area contributed by atoms with Gasteiger partial charge < -0.3 is 10.6 Å². The molecule has 1 fully saturated rings. The van der Waals surface area contributed by atoms with E-state index in [0.29, 0.717) is 0 Å². The molecule has 1 atom stereocenters. The molecule has 2 amide bonds. The summed E-state index contributed by atoms with van der Waals surface area (Å²) >= 11 is 0. The number of carbonyl (C=O) groups excluding carboxylic acids is 2. The summed E-state index contributed by atoms with van der Waals surface area (Å²) in [5, 5.41) is 5.80. The Bertz CT molecular complexity index is 534. The number of amides is 2. The van der Waals surface area contributed by atoms with Crippen molar-refractivity contribution in [3.63, 3.8) is 0 Å².